The number of carbonyl (C=O) groups excluding carboxylic acids is 1. The van der Waals surface area contributed by atoms with Crippen molar-refractivity contribution in [1.82, 2.24) is 9.38 Å². The zero-order valence-corrected chi connectivity index (χ0v) is 14.9. The first-order chi connectivity index (χ1) is 13.1. The lowest BCUT2D eigenvalue weighted by Crippen LogP contribution is -2.19. The number of nitrogen functional groups attached to an aromatic ring is 1. The molecule has 0 atom stereocenters. The summed E-state index contributed by atoms with van der Waals surface area (Å²) in [6.45, 7) is 0. The number of nitrogens with zero attached hydrogens (tertiary/aromatic N) is 2. The van der Waals surface area contributed by atoms with Crippen molar-refractivity contribution in [2.75, 3.05) is 16.4 Å². The van der Waals surface area contributed by atoms with Crippen molar-refractivity contribution in [3.63, 3.8) is 0 Å². The maximum Gasteiger partial charge on any atom is 0.323 e. The molecule has 27 heavy (non-hydrogen) atoms. The van der Waals surface area contributed by atoms with E-state index in [0.29, 0.717) is 22.3 Å². The molecule has 4 N–H and O–H groups in total. The van der Waals surface area contributed by atoms with Gasteiger partial charge in [-0.2, -0.15) is 0 Å². The maximum absolute atomic E-state index is 12.1. The number of anilines is 3. The number of halogens is 1. The largest absolute Gasteiger partial charge is 0.369 e. The second kappa shape index (κ2) is 7.01. The number of amides is 2. The molecule has 6 nitrogen and oxygen atoms in total. The number of fused-ring (bicyclic) bond motifs is 1. The molecule has 0 bridgehead atoms. The Morgan fingerprint density at radius 1 is 1.00 bits per heavy atom. The predicted octanol–water partition coefficient (Wildman–Crippen LogP) is 4.88. The molecule has 0 saturated carbocycles. The molecular weight excluding hydrogens is 362 g/mol. The lowest BCUT2D eigenvalue weighted by atomic mass is 10.1. The number of aromatic nitrogens is 2. The van der Waals surface area contributed by atoms with E-state index in [1.54, 1.807) is 30.5 Å². The van der Waals surface area contributed by atoms with Crippen molar-refractivity contribution in [1.29, 1.82) is 0 Å². The van der Waals surface area contributed by atoms with E-state index in [4.69, 9.17) is 17.3 Å². The zero-order valence-electron chi connectivity index (χ0n) is 14.2. The molecule has 0 radical (unpaired) electrons. The molecule has 0 aliphatic rings. The van der Waals surface area contributed by atoms with E-state index in [9.17, 15) is 4.79 Å². The quantitative estimate of drug-likeness (QED) is 0.475. The topological polar surface area (TPSA) is 84.4 Å². The number of imidazole rings is 1. The van der Waals surface area contributed by atoms with Crippen LogP contribution in [0.15, 0.2) is 73.1 Å². The van der Waals surface area contributed by atoms with Crippen molar-refractivity contribution in [3.05, 3.63) is 78.1 Å². The van der Waals surface area contributed by atoms with Crippen LogP contribution in [0.2, 0.25) is 5.02 Å². The number of nitrogens with one attached hydrogen (secondary N) is 2. The van der Waals surface area contributed by atoms with Crippen LogP contribution in [-0.2, 0) is 0 Å². The lowest BCUT2D eigenvalue weighted by Gasteiger charge is -2.09. The molecule has 2 aromatic carbocycles. The zero-order chi connectivity index (χ0) is 18.8. The van der Waals surface area contributed by atoms with Gasteiger partial charge in [-0.05, 0) is 42.0 Å². The van der Waals surface area contributed by atoms with Crippen molar-refractivity contribution in [2.45, 2.75) is 0 Å². The highest BCUT2D eigenvalue weighted by molar-refractivity contribution is 6.30. The van der Waals surface area contributed by atoms with Crippen LogP contribution < -0.4 is 16.4 Å². The Morgan fingerprint density at radius 3 is 2.56 bits per heavy atom. The number of carbonyl (C=O) groups is 1. The van der Waals surface area contributed by atoms with Crippen LogP contribution in [0, 0.1) is 0 Å². The fourth-order valence-corrected chi connectivity index (χ4v) is 3.07. The van der Waals surface area contributed by atoms with Crippen molar-refractivity contribution >= 4 is 40.5 Å². The van der Waals surface area contributed by atoms with Crippen LogP contribution in [0.25, 0.3) is 16.6 Å². The van der Waals surface area contributed by atoms with Gasteiger partial charge in [-0.15, -0.1) is 0 Å². The molecule has 2 heterocycles. The van der Waals surface area contributed by atoms with Crippen LogP contribution >= 0.6 is 11.6 Å². The van der Waals surface area contributed by atoms with Crippen molar-refractivity contribution in [3.8, 4) is 11.1 Å². The summed E-state index contributed by atoms with van der Waals surface area (Å²) >= 11 is 5.92. The van der Waals surface area contributed by atoms with E-state index in [-0.39, 0.29) is 6.03 Å². The monoisotopic (exact) mass is 377 g/mol. The smallest absolute Gasteiger partial charge is 0.323 e. The molecule has 2 amide bonds. The van der Waals surface area contributed by atoms with E-state index >= 15 is 0 Å². The van der Waals surface area contributed by atoms with Crippen molar-refractivity contribution < 1.29 is 4.79 Å². The summed E-state index contributed by atoms with van der Waals surface area (Å²) in [5.74, 6) is 0.447. The minimum Gasteiger partial charge on any atom is -0.369 e. The summed E-state index contributed by atoms with van der Waals surface area (Å²) < 4.78 is 1.83. The molecule has 0 aliphatic heterocycles. The second-order valence-corrected chi connectivity index (χ2v) is 6.40. The van der Waals surface area contributed by atoms with Crippen LogP contribution in [0.1, 0.15) is 0 Å². The molecule has 7 heteroatoms. The first-order valence-corrected chi connectivity index (χ1v) is 8.63. The van der Waals surface area contributed by atoms with Gasteiger partial charge in [0.1, 0.15) is 0 Å². The highest BCUT2D eigenvalue weighted by atomic mass is 35.5. The first kappa shape index (κ1) is 16.9. The standard InChI is InChI=1S/C20H16ClN5O/c21-14-3-1-4-16(11-14)25-20(27)24-15-8-6-13(7-9-15)17-5-2-10-26-18(17)12-23-19(26)22/h1-12H,(H2,22,23)(H2,24,25,27). The average Bonchev–Trinajstić information content (AvgIpc) is 3.04. The third-order valence-corrected chi connectivity index (χ3v) is 4.37. The summed E-state index contributed by atoms with van der Waals surface area (Å²) in [5.41, 5.74) is 10.1. The lowest BCUT2D eigenvalue weighted by molar-refractivity contribution is 0.262. The highest BCUT2D eigenvalue weighted by Crippen LogP contribution is 2.27. The maximum atomic E-state index is 12.1. The van der Waals surface area contributed by atoms with Crippen molar-refractivity contribution in [2.24, 2.45) is 0 Å². The molecule has 4 rings (SSSR count). The normalized spacial score (nSPS) is 10.7. The van der Waals surface area contributed by atoms with E-state index < -0.39 is 0 Å². The van der Waals surface area contributed by atoms with Gasteiger partial charge in [0.2, 0.25) is 5.95 Å². The third-order valence-electron chi connectivity index (χ3n) is 4.14. The van der Waals surface area contributed by atoms with Gasteiger partial charge in [-0.1, -0.05) is 35.9 Å². The minimum atomic E-state index is -0.337. The number of hydrogen-bond acceptors (Lipinski definition) is 3. The number of benzene rings is 2. The van der Waals surface area contributed by atoms with Gasteiger partial charge in [0.25, 0.3) is 0 Å². The van der Waals surface area contributed by atoms with Gasteiger partial charge >= 0.3 is 6.03 Å². The van der Waals surface area contributed by atoms with Gasteiger partial charge in [0.15, 0.2) is 0 Å². The molecule has 134 valence electrons. The summed E-state index contributed by atoms with van der Waals surface area (Å²) in [6.07, 6.45) is 3.62. The number of hydrogen-bond donors (Lipinski definition) is 3. The molecule has 2 aromatic heterocycles. The summed E-state index contributed by atoms with van der Waals surface area (Å²) in [7, 11) is 0. The fraction of sp³-hybridized carbons (Fsp3) is 0. The predicted molar refractivity (Wildman–Crippen MR) is 109 cm³/mol. The first-order valence-electron chi connectivity index (χ1n) is 8.26. The van der Waals surface area contributed by atoms with Crippen LogP contribution in [0.4, 0.5) is 22.1 Å². The highest BCUT2D eigenvalue weighted by Gasteiger charge is 2.08. The summed E-state index contributed by atoms with van der Waals surface area (Å²) in [6, 6.07) is 18.1. The molecule has 0 aliphatic carbocycles. The molecule has 4 aromatic rings. The molecule has 0 fully saturated rings. The van der Waals surface area contributed by atoms with Crippen LogP contribution in [-0.4, -0.2) is 15.4 Å². The second-order valence-electron chi connectivity index (χ2n) is 5.96. The SMILES string of the molecule is Nc1ncc2c(-c3ccc(NC(=O)Nc4cccc(Cl)c4)cc3)cccn12. The van der Waals surface area contributed by atoms with E-state index in [2.05, 4.69) is 15.6 Å². The minimum absolute atomic E-state index is 0.337. The third kappa shape index (κ3) is 3.56. The Hall–Kier alpha value is -3.51. The fourth-order valence-electron chi connectivity index (χ4n) is 2.88. The number of pyridine rings is 1. The van der Waals surface area contributed by atoms with E-state index in [1.165, 1.54) is 0 Å². The van der Waals surface area contributed by atoms with Gasteiger partial charge in [0, 0.05) is 28.2 Å². The summed E-state index contributed by atoms with van der Waals surface area (Å²) in [4.78, 5) is 16.3. The number of urea groups is 1. The molecule has 0 saturated heterocycles. The average molecular weight is 378 g/mol. The molecular formula is C20H16ClN5O. The number of nitrogens with two attached hydrogens (primary N) is 1. The van der Waals surface area contributed by atoms with Gasteiger partial charge < -0.3 is 16.4 Å². The van der Waals surface area contributed by atoms with Gasteiger partial charge in [-0.3, -0.25) is 4.40 Å². The molecule has 0 spiro atoms. The van der Waals surface area contributed by atoms with Gasteiger partial charge in [0.05, 0.1) is 11.7 Å². The Bertz CT molecular complexity index is 1120. The van der Waals surface area contributed by atoms with Crippen LogP contribution in [0.5, 0.6) is 0 Å². The van der Waals surface area contributed by atoms with E-state index in [0.717, 1.165) is 16.6 Å². The number of rotatable bonds is 3. The summed E-state index contributed by atoms with van der Waals surface area (Å²) in [5, 5.41) is 6.11. The van der Waals surface area contributed by atoms with Gasteiger partial charge in [-0.25, -0.2) is 9.78 Å². The Balaban J connectivity index is 1.51. The Morgan fingerprint density at radius 2 is 1.78 bits per heavy atom. The Kier molecular flexibility index (Phi) is 4.40. The van der Waals surface area contributed by atoms with Crippen LogP contribution in [0.3, 0.4) is 0 Å². The van der Waals surface area contributed by atoms with E-state index in [1.807, 2.05) is 47.0 Å². The Labute approximate surface area is 160 Å². The molecule has 0 unspecified atom stereocenters.